The molecular weight excluding hydrogens is 273 g/mol. The van der Waals surface area contributed by atoms with Crippen molar-refractivity contribution in [2.45, 2.75) is 6.92 Å². The molecule has 0 fully saturated rings. The lowest BCUT2D eigenvalue weighted by Gasteiger charge is -2.05. The predicted molar refractivity (Wildman–Crippen MR) is 63.1 cm³/mol. The van der Waals surface area contributed by atoms with Crippen molar-refractivity contribution in [3.8, 4) is 11.6 Å². The SMILES string of the molecule is Cc1ccc(Oc2ccc(Br)cn2)cc1F. The fourth-order valence-electron chi connectivity index (χ4n) is 1.18. The number of nitrogens with zero attached hydrogens (tertiary/aromatic N) is 1. The molecule has 82 valence electrons. The van der Waals surface area contributed by atoms with Crippen LogP contribution in [0.15, 0.2) is 41.0 Å². The van der Waals surface area contributed by atoms with Crippen LogP contribution in [-0.2, 0) is 0 Å². The molecule has 0 bridgehead atoms. The van der Waals surface area contributed by atoms with Crippen LogP contribution in [0.3, 0.4) is 0 Å². The average molecular weight is 282 g/mol. The van der Waals surface area contributed by atoms with E-state index in [2.05, 4.69) is 20.9 Å². The zero-order valence-corrected chi connectivity index (χ0v) is 10.2. The van der Waals surface area contributed by atoms with Crippen LogP contribution in [0.1, 0.15) is 5.56 Å². The van der Waals surface area contributed by atoms with Crippen molar-refractivity contribution in [2.75, 3.05) is 0 Å². The van der Waals surface area contributed by atoms with Crippen molar-refractivity contribution in [1.82, 2.24) is 4.98 Å². The Morgan fingerprint density at radius 1 is 1.25 bits per heavy atom. The van der Waals surface area contributed by atoms with Gasteiger partial charge >= 0.3 is 0 Å². The van der Waals surface area contributed by atoms with Gasteiger partial charge < -0.3 is 4.74 Å². The topological polar surface area (TPSA) is 22.1 Å². The average Bonchev–Trinajstić information content (AvgIpc) is 2.27. The quantitative estimate of drug-likeness (QED) is 0.827. The van der Waals surface area contributed by atoms with E-state index in [0.29, 0.717) is 17.2 Å². The molecule has 0 N–H and O–H groups in total. The van der Waals surface area contributed by atoms with Crippen LogP contribution >= 0.6 is 15.9 Å². The third-order valence-corrected chi connectivity index (χ3v) is 2.54. The molecule has 1 aromatic heterocycles. The second kappa shape index (κ2) is 4.61. The van der Waals surface area contributed by atoms with Crippen molar-refractivity contribution < 1.29 is 9.13 Å². The maximum absolute atomic E-state index is 13.2. The first kappa shape index (κ1) is 11.1. The van der Waals surface area contributed by atoms with Crippen LogP contribution < -0.4 is 4.74 Å². The van der Waals surface area contributed by atoms with Gasteiger partial charge in [-0.1, -0.05) is 6.07 Å². The minimum atomic E-state index is -0.283. The molecule has 0 aliphatic carbocycles. The van der Waals surface area contributed by atoms with Gasteiger partial charge in [-0.15, -0.1) is 0 Å². The van der Waals surface area contributed by atoms with Crippen molar-refractivity contribution in [3.63, 3.8) is 0 Å². The van der Waals surface area contributed by atoms with Gasteiger partial charge in [0, 0.05) is 22.8 Å². The largest absolute Gasteiger partial charge is 0.439 e. The summed E-state index contributed by atoms with van der Waals surface area (Å²) in [5.74, 6) is 0.596. The summed E-state index contributed by atoms with van der Waals surface area (Å²) in [4.78, 5) is 4.03. The van der Waals surface area contributed by atoms with Crippen LogP contribution in [0.4, 0.5) is 4.39 Å². The highest BCUT2D eigenvalue weighted by Crippen LogP contribution is 2.22. The fraction of sp³-hybridized carbons (Fsp3) is 0.0833. The number of aryl methyl sites for hydroxylation is 1. The van der Waals surface area contributed by atoms with Crippen molar-refractivity contribution in [3.05, 3.63) is 52.4 Å². The van der Waals surface area contributed by atoms with Crippen LogP contribution in [0.2, 0.25) is 0 Å². The number of aromatic nitrogens is 1. The third kappa shape index (κ3) is 2.58. The van der Waals surface area contributed by atoms with E-state index < -0.39 is 0 Å². The molecule has 0 amide bonds. The summed E-state index contributed by atoms with van der Waals surface area (Å²) in [7, 11) is 0. The lowest BCUT2D eigenvalue weighted by Crippen LogP contribution is -1.89. The van der Waals surface area contributed by atoms with Gasteiger partial charge in [0.25, 0.3) is 0 Å². The molecule has 2 aromatic rings. The molecule has 0 saturated heterocycles. The molecule has 0 unspecified atom stereocenters. The number of hydrogen-bond acceptors (Lipinski definition) is 2. The zero-order chi connectivity index (χ0) is 11.5. The Morgan fingerprint density at radius 2 is 2.06 bits per heavy atom. The summed E-state index contributed by atoms with van der Waals surface area (Å²) < 4.78 is 19.5. The first-order valence-electron chi connectivity index (χ1n) is 4.71. The lowest BCUT2D eigenvalue weighted by molar-refractivity contribution is 0.457. The van der Waals surface area contributed by atoms with Gasteiger partial charge in [-0.05, 0) is 40.5 Å². The summed E-state index contributed by atoms with van der Waals surface area (Å²) in [5.41, 5.74) is 0.594. The van der Waals surface area contributed by atoms with Crippen LogP contribution in [0.5, 0.6) is 11.6 Å². The molecule has 1 aromatic carbocycles. The second-order valence-electron chi connectivity index (χ2n) is 3.33. The van der Waals surface area contributed by atoms with E-state index in [1.54, 1.807) is 31.3 Å². The highest BCUT2D eigenvalue weighted by atomic mass is 79.9. The third-order valence-electron chi connectivity index (χ3n) is 2.07. The van der Waals surface area contributed by atoms with Crippen molar-refractivity contribution >= 4 is 15.9 Å². The Kier molecular flexibility index (Phi) is 3.19. The number of hydrogen-bond donors (Lipinski definition) is 0. The van der Waals surface area contributed by atoms with E-state index in [0.717, 1.165) is 4.47 Å². The Bertz CT molecular complexity index is 499. The van der Waals surface area contributed by atoms with Crippen LogP contribution in [0, 0.1) is 12.7 Å². The summed E-state index contributed by atoms with van der Waals surface area (Å²) in [6.07, 6.45) is 1.62. The van der Waals surface area contributed by atoms with E-state index in [1.807, 2.05) is 6.07 Å². The molecular formula is C12H9BrFNO. The Hall–Kier alpha value is -1.42. The van der Waals surface area contributed by atoms with E-state index in [1.165, 1.54) is 6.07 Å². The van der Waals surface area contributed by atoms with Gasteiger partial charge in [0.1, 0.15) is 11.6 Å². The molecule has 0 saturated carbocycles. The molecule has 0 atom stereocenters. The van der Waals surface area contributed by atoms with E-state index in [-0.39, 0.29) is 5.82 Å². The summed E-state index contributed by atoms with van der Waals surface area (Å²) >= 11 is 3.27. The zero-order valence-electron chi connectivity index (χ0n) is 8.58. The second-order valence-corrected chi connectivity index (χ2v) is 4.24. The Labute approximate surface area is 101 Å². The van der Waals surface area contributed by atoms with Gasteiger partial charge in [-0.3, -0.25) is 0 Å². The van der Waals surface area contributed by atoms with Gasteiger partial charge in [0.05, 0.1) is 0 Å². The molecule has 0 spiro atoms. The summed E-state index contributed by atoms with van der Waals surface area (Å²) in [6.45, 7) is 1.71. The molecule has 1 heterocycles. The number of halogens is 2. The van der Waals surface area contributed by atoms with Crippen LogP contribution in [-0.4, -0.2) is 4.98 Å². The molecule has 0 aliphatic heterocycles. The maximum atomic E-state index is 13.2. The molecule has 4 heteroatoms. The number of pyridine rings is 1. The molecule has 0 radical (unpaired) electrons. The van der Waals surface area contributed by atoms with Gasteiger partial charge in [-0.2, -0.15) is 0 Å². The first-order chi connectivity index (χ1) is 7.65. The number of ether oxygens (including phenoxy) is 1. The van der Waals surface area contributed by atoms with Crippen molar-refractivity contribution in [2.24, 2.45) is 0 Å². The molecule has 2 nitrogen and oxygen atoms in total. The fourth-order valence-corrected chi connectivity index (χ4v) is 1.41. The summed E-state index contributed by atoms with van der Waals surface area (Å²) in [5, 5.41) is 0. The molecule has 16 heavy (non-hydrogen) atoms. The Balaban J connectivity index is 2.20. The monoisotopic (exact) mass is 281 g/mol. The highest BCUT2D eigenvalue weighted by molar-refractivity contribution is 9.10. The van der Waals surface area contributed by atoms with Crippen LogP contribution in [0.25, 0.3) is 0 Å². The maximum Gasteiger partial charge on any atom is 0.219 e. The smallest absolute Gasteiger partial charge is 0.219 e. The Morgan fingerprint density at radius 3 is 2.69 bits per heavy atom. The molecule has 0 aliphatic rings. The van der Waals surface area contributed by atoms with Gasteiger partial charge in [0.15, 0.2) is 0 Å². The minimum absolute atomic E-state index is 0.283. The van der Waals surface area contributed by atoms with Gasteiger partial charge in [-0.25, -0.2) is 9.37 Å². The van der Waals surface area contributed by atoms with E-state index in [4.69, 9.17) is 4.74 Å². The standard InChI is InChI=1S/C12H9BrFNO/c1-8-2-4-10(6-11(8)14)16-12-5-3-9(13)7-15-12/h2-7H,1H3. The number of rotatable bonds is 2. The highest BCUT2D eigenvalue weighted by Gasteiger charge is 2.02. The van der Waals surface area contributed by atoms with E-state index in [9.17, 15) is 4.39 Å². The van der Waals surface area contributed by atoms with Crippen molar-refractivity contribution in [1.29, 1.82) is 0 Å². The minimum Gasteiger partial charge on any atom is -0.439 e. The lowest BCUT2D eigenvalue weighted by atomic mass is 10.2. The normalized spacial score (nSPS) is 10.2. The number of benzene rings is 1. The van der Waals surface area contributed by atoms with E-state index >= 15 is 0 Å². The first-order valence-corrected chi connectivity index (χ1v) is 5.50. The summed E-state index contributed by atoms with van der Waals surface area (Å²) in [6, 6.07) is 8.25. The van der Waals surface area contributed by atoms with Gasteiger partial charge in [0.2, 0.25) is 5.88 Å². The predicted octanol–water partition coefficient (Wildman–Crippen LogP) is 4.08. The molecule has 2 rings (SSSR count).